The van der Waals surface area contributed by atoms with Crippen LogP contribution in [0.25, 0.3) is 0 Å². The molecule has 0 bridgehead atoms. The Kier molecular flexibility index (Phi) is 2.67. The van der Waals surface area contributed by atoms with Crippen molar-refractivity contribution in [1.82, 2.24) is 15.2 Å². The molecule has 0 saturated carbocycles. The molecule has 0 aromatic carbocycles. The summed E-state index contributed by atoms with van der Waals surface area (Å²) < 4.78 is 0. The van der Waals surface area contributed by atoms with E-state index in [1.165, 1.54) is 11.3 Å². The monoisotopic (exact) mass is 251 g/mol. The molecule has 3 heterocycles. The molecule has 3 unspecified atom stereocenters. The number of carbonyl (C=O) groups excluding carboxylic acids is 1. The first-order valence-electron chi connectivity index (χ1n) is 6.11. The Labute approximate surface area is 105 Å². The van der Waals surface area contributed by atoms with Gasteiger partial charge in [-0.05, 0) is 25.7 Å². The number of hydrogen-bond donors (Lipinski definition) is 1. The Morgan fingerprint density at radius 2 is 2.41 bits per heavy atom. The van der Waals surface area contributed by atoms with E-state index in [1.54, 1.807) is 6.20 Å². The van der Waals surface area contributed by atoms with Crippen LogP contribution in [-0.2, 0) is 0 Å². The molecular weight excluding hydrogens is 234 g/mol. The average molecular weight is 251 g/mol. The van der Waals surface area contributed by atoms with E-state index in [1.807, 2.05) is 11.8 Å². The van der Waals surface area contributed by atoms with Crippen LogP contribution in [-0.4, -0.2) is 41.5 Å². The van der Waals surface area contributed by atoms with Crippen LogP contribution in [0.2, 0.25) is 0 Å². The Morgan fingerprint density at radius 1 is 1.59 bits per heavy atom. The number of aryl methyl sites for hydroxylation is 1. The van der Waals surface area contributed by atoms with Gasteiger partial charge in [-0.1, -0.05) is 0 Å². The molecule has 2 fully saturated rings. The fourth-order valence-electron chi connectivity index (χ4n) is 3.04. The fourth-order valence-corrected chi connectivity index (χ4v) is 3.77. The Bertz CT molecular complexity index is 445. The molecule has 2 saturated heterocycles. The van der Waals surface area contributed by atoms with Crippen molar-refractivity contribution in [2.75, 3.05) is 19.6 Å². The predicted octanol–water partition coefficient (Wildman–Crippen LogP) is 1.13. The second kappa shape index (κ2) is 4.07. The molecule has 1 N–H and O–H groups in total. The Morgan fingerprint density at radius 3 is 3.06 bits per heavy atom. The van der Waals surface area contributed by atoms with E-state index in [0.29, 0.717) is 17.9 Å². The van der Waals surface area contributed by atoms with Crippen LogP contribution in [0.4, 0.5) is 0 Å². The van der Waals surface area contributed by atoms with Gasteiger partial charge < -0.3 is 10.2 Å². The molecule has 2 aliphatic rings. The molecule has 1 aromatic heterocycles. The standard InChI is InChI=1S/C12H17N3OS/c1-7-10-4-13-3-9(10)6-15(7)12(16)11-5-14-8(2)17-11/h5,7,9-10,13H,3-4,6H2,1-2H3. The highest BCUT2D eigenvalue weighted by atomic mass is 32.1. The van der Waals surface area contributed by atoms with Gasteiger partial charge in [0.05, 0.1) is 11.2 Å². The van der Waals surface area contributed by atoms with Gasteiger partial charge in [0.2, 0.25) is 0 Å². The summed E-state index contributed by atoms with van der Waals surface area (Å²) >= 11 is 1.49. The molecule has 4 nitrogen and oxygen atoms in total. The normalized spacial score (nSPS) is 31.9. The summed E-state index contributed by atoms with van der Waals surface area (Å²) in [5, 5.41) is 4.37. The lowest BCUT2D eigenvalue weighted by Gasteiger charge is -2.23. The summed E-state index contributed by atoms with van der Waals surface area (Å²) in [4.78, 5) is 19.4. The summed E-state index contributed by atoms with van der Waals surface area (Å²) in [7, 11) is 0. The molecule has 92 valence electrons. The highest BCUT2D eigenvalue weighted by Crippen LogP contribution is 2.33. The van der Waals surface area contributed by atoms with Gasteiger partial charge in [-0.15, -0.1) is 11.3 Å². The second-order valence-electron chi connectivity index (χ2n) is 5.02. The van der Waals surface area contributed by atoms with Gasteiger partial charge >= 0.3 is 0 Å². The fraction of sp³-hybridized carbons (Fsp3) is 0.667. The van der Waals surface area contributed by atoms with Gasteiger partial charge in [-0.25, -0.2) is 4.98 Å². The number of thiazole rings is 1. The SMILES string of the molecule is Cc1ncc(C(=O)N2CC3CNCC3C2C)s1. The Balaban J connectivity index is 1.79. The maximum atomic E-state index is 12.4. The minimum atomic E-state index is 0.164. The summed E-state index contributed by atoms with van der Waals surface area (Å²) in [5.41, 5.74) is 0. The highest BCUT2D eigenvalue weighted by molar-refractivity contribution is 7.13. The Hall–Kier alpha value is -0.940. The van der Waals surface area contributed by atoms with Gasteiger partial charge in [0.15, 0.2) is 0 Å². The van der Waals surface area contributed by atoms with E-state index in [2.05, 4.69) is 17.2 Å². The third-order valence-corrected chi connectivity index (χ3v) is 4.93. The highest BCUT2D eigenvalue weighted by Gasteiger charge is 2.44. The first-order valence-corrected chi connectivity index (χ1v) is 6.92. The van der Waals surface area contributed by atoms with Crippen molar-refractivity contribution in [3.63, 3.8) is 0 Å². The van der Waals surface area contributed by atoms with Crippen molar-refractivity contribution in [2.24, 2.45) is 11.8 Å². The topological polar surface area (TPSA) is 45.2 Å². The van der Waals surface area contributed by atoms with Crippen LogP contribution in [0.15, 0.2) is 6.20 Å². The zero-order valence-electron chi connectivity index (χ0n) is 10.1. The van der Waals surface area contributed by atoms with E-state index >= 15 is 0 Å². The zero-order valence-corrected chi connectivity index (χ0v) is 11.0. The van der Waals surface area contributed by atoms with Crippen molar-refractivity contribution in [1.29, 1.82) is 0 Å². The number of hydrogen-bond acceptors (Lipinski definition) is 4. The molecule has 17 heavy (non-hydrogen) atoms. The van der Waals surface area contributed by atoms with Crippen molar-refractivity contribution in [3.8, 4) is 0 Å². The van der Waals surface area contributed by atoms with Crippen molar-refractivity contribution >= 4 is 17.2 Å². The lowest BCUT2D eigenvalue weighted by atomic mass is 9.95. The second-order valence-corrected chi connectivity index (χ2v) is 6.26. The molecule has 1 aromatic rings. The maximum Gasteiger partial charge on any atom is 0.265 e. The number of nitrogens with one attached hydrogen (secondary N) is 1. The molecular formula is C12H17N3OS. The summed E-state index contributed by atoms with van der Waals surface area (Å²) in [5.74, 6) is 1.44. The molecule has 5 heteroatoms. The first-order chi connectivity index (χ1) is 8.16. The number of aromatic nitrogens is 1. The number of likely N-dealkylation sites (tertiary alicyclic amines) is 1. The van der Waals surface area contributed by atoms with Crippen LogP contribution >= 0.6 is 11.3 Å². The summed E-state index contributed by atoms with van der Waals surface area (Å²) in [6, 6.07) is 0.352. The molecule has 3 rings (SSSR count). The van der Waals surface area contributed by atoms with Crippen molar-refractivity contribution in [3.05, 3.63) is 16.1 Å². The zero-order chi connectivity index (χ0) is 12.0. The van der Waals surface area contributed by atoms with Crippen LogP contribution in [0.1, 0.15) is 21.6 Å². The average Bonchev–Trinajstić information content (AvgIpc) is 2.96. The van der Waals surface area contributed by atoms with Crippen molar-refractivity contribution < 1.29 is 4.79 Å². The predicted molar refractivity (Wildman–Crippen MR) is 67.2 cm³/mol. The van der Waals surface area contributed by atoms with Gasteiger partial charge in [-0.2, -0.15) is 0 Å². The van der Waals surface area contributed by atoms with Gasteiger partial charge in [0.25, 0.3) is 5.91 Å². The van der Waals surface area contributed by atoms with Crippen molar-refractivity contribution in [2.45, 2.75) is 19.9 Å². The molecule has 1 amide bonds. The first kappa shape index (κ1) is 11.2. The minimum Gasteiger partial charge on any atom is -0.335 e. The van der Waals surface area contributed by atoms with E-state index < -0.39 is 0 Å². The van der Waals surface area contributed by atoms with E-state index in [9.17, 15) is 4.79 Å². The summed E-state index contributed by atoms with van der Waals surface area (Å²) in [6.07, 6.45) is 1.71. The number of amides is 1. The molecule has 0 aliphatic carbocycles. The number of nitrogens with zero attached hydrogens (tertiary/aromatic N) is 2. The van der Waals surface area contributed by atoms with Gasteiger partial charge in [0.1, 0.15) is 4.88 Å². The minimum absolute atomic E-state index is 0.164. The summed E-state index contributed by atoms with van der Waals surface area (Å²) in [6.45, 7) is 7.11. The molecule has 3 atom stereocenters. The smallest absolute Gasteiger partial charge is 0.265 e. The van der Waals surface area contributed by atoms with Gasteiger partial charge in [0, 0.05) is 25.7 Å². The van der Waals surface area contributed by atoms with Crippen LogP contribution < -0.4 is 5.32 Å². The maximum absolute atomic E-state index is 12.4. The number of fused-ring (bicyclic) bond motifs is 1. The van der Waals surface area contributed by atoms with Gasteiger partial charge in [-0.3, -0.25) is 4.79 Å². The quantitative estimate of drug-likeness (QED) is 0.814. The number of rotatable bonds is 1. The molecule has 0 radical (unpaired) electrons. The number of carbonyl (C=O) groups is 1. The largest absolute Gasteiger partial charge is 0.335 e. The molecule has 2 aliphatic heterocycles. The lowest BCUT2D eigenvalue weighted by Crippen LogP contribution is -2.37. The molecule has 0 spiro atoms. The van der Waals surface area contributed by atoms with E-state index in [0.717, 1.165) is 29.5 Å². The third-order valence-electron chi connectivity index (χ3n) is 4.03. The van der Waals surface area contributed by atoms with Crippen LogP contribution in [0.5, 0.6) is 0 Å². The van der Waals surface area contributed by atoms with E-state index in [4.69, 9.17) is 0 Å². The van der Waals surface area contributed by atoms with Crippen LogP contribution in [0, 0.1) is 18.8 Å². The van der Waals surface area contributed by atoms with E-state index in [-0.39, 0.29) is 5.91 Å². The lowest BCUT2D eigenvalue weighted by molar-refractivity contribution is 0.0733. The third kappa shape index (κ3) is 1.77. The van der Waals surface area contributed by atoms with Crippen LogP contribution in [0.3, 0.4) is 0 Å².